The number of hydrogen-bond donors (Lipinski definition) is 1. The summed E-state index contributed by atoms with van der Waals surface area (Å²) < 4.78 is 11.3. The van der Waals surface area contributed by atoms with E-state index in [2.05, 4.69) is 26.5 Å². The average molecular weight is 488 g/mol. The minimum atomic E-state index is -0.528. The van der Waals surface area contributed by atoms with Crippen molar-refractivity contribution in [3.8, 4) is 11.5 Å². The van der Waals surface area contributed by atoms with Gasteiger partial charge in [-0.1, -0.05) is 27.5 Å². The second kappa shape index (κ2) is 10.0. The highest BCUT2D eigenvalue weighted by Gasteiger charge is 2.12. The van der Waals surface area contributed by atoms with E-state index in [1.54, 1.807) is 73.8 Å². The van der Waals surface area contributed by atoms with Gasteiger partial charge >= 0.3 is 5.97 Å². The zero-order chi connectivity index (χ0) is 21.5. The Kier molecular flexibility index (Phi) is 7.21. The number of hydrazone groups is 1. The second-order valence-electron chi connectivity index (χ2n) is 6.01. The molecule has 0 atom stereocenters. The van der Waals surface area contributed by atoms with Gasteiger partial charge in [-0.3, -0.25) is 4.79 Å². The van der Waals surface area contributed by atoms with Crippen molar-refractivity contribution >= 4 is 45.6 Å². The number of methoxy groups -OCH3 is 1. The van der Waals surface area contributed by atoms with E-state index in [0.717, 1.165) is 4.47 Å². The van der Waals surface area contributed by atoms with Crippen LogP contribution in [0.2, 0.25) is 5.02 Å². The summed E-state index contributed by atoms with van der Waals surface area (Å²) in [6.45, 7) is 0. The summed E-state index contributed by atoms with van der Waals surface area (Å²) in [5.41, 5.74) is 3.72. The summed E-state index contributed by atoms with van der Waals surface area (Å²) in [7, 11) is 1.55. The third-order valence-electron chi connectivity index (χ3n) is 3.98. The fraction of sp³-hybridized carbons (Fsp3) is 0.0455. The number of esters is 1. The van der Waals surface area contributed by atoms with Crippen LogP contribution in [0.1, 0.15) is 26.3 Å². The van der Waals surface area contributed by atoms with Crippen molar-refractivity contribution in [2.24, 2.45) is 5.10 Å². The van der Waals surface area contributed by atoms with Crippen molar-refractivity contribution in [3.05, 3.63) is 92.9 Å². The standard InChI is InChI=1S/C22H16BrClN2O4/c1-29-19-9-4-15(5-10-19)22(28)30-20-11-6-17(23)12-16(20)13-25-26-21(27)14-2-7-18(24)8-3-14/h2-13H,1H3,(H,26,27)/b25-13-. The first-order chi connectivity index (χ1) is 14.5. The minimum absolute atomic E-state index is 0.295. The van der Waals surface area contributed by atoms with E-state index in [-0.39, 0.29) is 0 Å². The Morgan fingerprint density at radius 2 is 1.67 bits per heavy atom. The minimum Gasteiger partial charge on any atom is -0.497 e. The molecule has 0 saturated carbocycles. The molecule has 0 radical (unpaired) electrons. The zero-order valence-corrected chi connectivity index (χ0v) is 18.1. The molecule has 0 bridgehead atoms. The lowest BCUT2D eigenvalue weighted by Crippen LogP contribution is -2.17. The highest BCUT2D eigenvalue weighted by Crippen LogP contribution is 2.23. The number of benzene rings is 3. The summed E-state index contributed by atoms with van der Waals surface area (Å²) in [4.78, 5) is 24.6. The number of rotatable bonds is 6. The highest BCUT2D eigenvalue weighted by molar-refractivity contribution is 9.10. The molecular formula is C22H16BrClN2O4. The summed E-state index contributed by atoms with van der Waals surface area (Å²) in [6.07, 6.45) is 1.40. The Hall–Kier alpha value is -3.16. The first kappa shape index (κ1) is 21.5. The zero-order valence-electron chi connectivity index (χ0n) is 15.8. The lowest BCUT2D eigenvalue weighted by molar-refractivity contribution is 0.0734. The number of nitrogens with one attached hydrogen (secondary N) is 1. The molecule has 0 unspecified atom stereocenters. The summed E-state index contributed by atoms with van der Waals surface area (Å²) >= 11 is 9.19. The van der Waals surface area contributed by atoms with Crippen molar-refractivity contribution in [1.29, 1.82) is 0 Å². The van der Waals surface area contributed by atoms with Crippen molar-refractivity contribution in [2.75, 3.05) is 7.11 Å². The molecular weight excluding hydrogens is 472 g/mol. The van der Waals surface area contributed by atoms with E-state index < -0.39 is 11.9 Å². The fourth-order valence-corrected chi connectivity index (χ4v) is 2.93. The first-order valence-electron chi connectivity index (χ1n) is 8.71. The topological polar surface area (TPSA) is 77.0 Å². The summed E-state index contributed by atoms with van der Waals surface area (Å²) in [5.74, 6) is 0.0115. The Balaban J connectivity index is 1.72. The van der Waals surface area contributed by atoms with Crippen LogP contribution in [0.4, 0.5) is 0 Å². The van der Waals surface area contributed by atoms with Crippen LogP contribution in [0.25, 0.3) is 0 Å². The van der Waals surface area contributed by atoms with E-state index in [9.17, 15) is 9.59 Å². The smallest absolute Gasteiger partial charge is 0.343 e. The molecule has 3 aromatic carbocycles. The maximum Gasteiger partial charge on any atom is 0.343 e. The van der Waals surface area contributed by atoms with Gasteiger partial charge in [-0.25, -0.2) is 10.2 Å². The first-order valence-corrected chi connectivity index (χ1v) is 9.88. The molecule has 6 nitrogen and oxygen atoms in total. The van der Waals surface area contributed by atoms with E-state index in [4.69, 9.17) is 21.1 Å². The Morgan fingerprint density at radius 1 is 1.00 bits per heavy atom. The number of hydrogen-bond acceptors (Lipinski definition) is 5. The Bertz CT molecular complexity index is 1080. The highest BCUT2D eigenvalue weighted by atomic mass is 79.9. The second-order valence-corrected chi connectivity index (χ2v) is 7.36. The molecule has 0 aliphatic rings. The predicted molar refractivity (Wildman–Crippen MR) is 119 cm³/mol. The van der Waals surface area contributed by atoms with Crippen LogP contribution >= 0.6 is 27.5 Å². The number of nitrogens with zero attached hydrogens (tertiary/aromatic N) is 1. The van der Waals surface area contributed by atoms with Crippen LogP contribution in [-0.4, -0.2) is 25.2 Å². The van der Waals surface area contributed by atoms with E-state index in [1.165, 1.54) is 6.21 Å². The Morgan fingerprint density at radius 3 is 2.33 bits per heavy atom. The molecule has 3 aromatic rings. The normalized spacial score (nSPS) is 10.6. The molecule has 1 amide bonds. The predicted octanol–water partition coefficient (Wildman–Crippen LogP) is 5.09. The molecule has 0 saturated heterocycles. The van der Waals surface area contributed by atoms with Gasteiger partial charge in [0, 0.05) is 20.6 Å². The van der Waals surface area contributed by atoms with Crippen LogP contribution in [0.15, 0.2) is 76.3 Å². The molecule has 0 aliphatic heterocycles. The monoisotopic (exact) mass is 486 g/mol. The van der Waals surface area contributed by atoms with E-state index in [0.29, 0.717) is 33.2 Å². The number of halogens is 2. The van der Waals surface area contributed by atoms with Crippen molar-refractivity contribution in [1.82, 2.24) is 5.43 Å². The SMILES string of the molecule is COc1ccc(C(=O)Oc2ccc(Br)cc2/C=N\NC(=O)c2ccc(Cl)cc2)cc1. The lowest BCUT2D eigenvalue weighted by atomic mass is 10.2. The van der Waals surface area contributed by atoms with Gasteiger partial charge in [0.05, 0.1) is 18.9 Å². The van der Waals surface area contributed by atoms with Crippen LogP contribution in [0, 0.1) is 0 Å². The molecule has 152 valence electrons. The van der Waals surface area contributed by atoms with Gasteiger partial charge in [0.15, 0.2) is 0 Å². The molecule has 0 spiro atoms. The van der Waals surface area contributed by atoms with Crippen LogP contribution in [0.5, 0.6) is 11.5 Å². The van der Waals surface area contributed by atoms with E-state index in [1.807, 2.05) is 0 Å². The molecule has 0 heterocycles. The maximum absolute atomic E-state index is 12.4. The van der Waals surface area contributed by atoms with E-state index >= 15 is 0 Å². The van der Waals surface area contributed by atoms with Gasteiger partial charge in [-0.2, -0.15) is 5.10 Å². The molecule has 30 heavy (non-hydrogen) atoms. The number of ether oxygens (including phenoxy) is 2. The average Bonchev–Trinajstić information content (AvgIpc) is 2.76. The number of amides is 1. The lowest BCUT2D eigenvalue weighted by Gasteiger charge is -2.08. The van der Waals surface area contributed by atoms with Gasteiger partial charge in [-0.15, -0.1) is 0 Å². The van der Waals surface area contributed by atoms with Gasteiger partial charge < -0.3 is 9.47 Å². The fourth-order valence-electron chi connectivity index (χ4n) is 2.43. The van der Waals surface area contributed by atoms with Gasteiger partial charge in [0.2, 0.25) is 0 Å². The quantitative estimate of drug-likeness (QED) is 0.227. The van der Waals surface area contributed by atoms with Crippen LogP contribution in [0.3, 0.4) is 0 Å². The molecule has 0 aliphatic carbocycles. The maximum atomic E-state index is 12.4. The molecule has 0 aromatic heterocycles. The van der Waals surface area contributed by atoms with Crippen molar-refractivity contribution in [2.45, 2.75) is 0 Å². The van der Waals surface area contributed by atoms with Crippen molar-refractivity contribution < 1.29 is 19.1 Å². The van der Waals surface area contributed by atoms with Crippen LogP contribution < -0.4 is 14.9 Å². The third kappa shape index (κ3) is 5.68. The van der Waals surface area contributed by atoms with Gasteiger partial charge in [0.1, 0.15) is 11.5 Å². The van der Waals surface area contributed by atoms with Crippen molar-refractivity contribution in [3.63, 3.8) is 0 Å². The van der Waals surface area contributed by atoms with Gasteiger partial charge in [0.25, 0.3) is 5.91 Å². The largest absolute Gasteiger partial charge is 0.497 e. The third-order valence-corrected chi connectivity index (χ3v) is 4.72. The molecule has 1 N–H and O–H groups in total. The summed E-state index contributed by atoms with van der Waals surface area (Å²) in [6, 6.07) is 18.1. The number of carbonyl (C=O) groups is 2. The molecule has 0 fully saturated rings. The summed E-state index contributed by atoms with van der Waals surface area (Å²) in [5, 5.41) is 4.49. The van der Waals surface area contributed by atoms with Crippen LogP contribution in [-0.2, 0) is 0 Å². The number of carbonyl (C=O) groups excluding carboxylic acids is 2. The van der Waals surface area contributed by atoms with Gasteiger partial charge in [-0.05, 0) is 66.7 Å². The molecule has 3 rings (SSSR count). The molecule has 8 heteroatoms. The Labute approximate surface area is 186 Å².